The molecule has 0 bridgehead atoms. The Morgan fingerprint density at radius 3 is 1.78 bits per heavy atom. The van der Waals surface area contributed by atoms with Crippen molar-refractivity contribution in [1.29, 1.82) is 0 Å². The van der Waals surface area contributed by atoms with Crippen molar-refractivity contribution in [2.75, 3.05) is 13.6 Å². The maximum absolute atomic E-state index is 13.2. The van der Waals surface area contributed by atoms with Crippen molar-refractivity contribution in [1.82, 2.24) is 10.2 Å². The molecule has 6 nitrogen and oxygen atoms in total. The molecule has 0 radical (unpaired) electrons. The number of amides is 3. The molecule has 0 fully saturated rings. The number of carbonyl (C=O) groups is 3. The predicted octanol–water partition coefficient (Wildman–Crippen LogP) is 7.36. The van der Waals surface area contributed by atoms with Crippen molar-refractivity contribution in [2.24, 2.45) is 5.92 Å². The van der Waals surface area contributed by atoms with E-state index in [-0.39, 0.29) is 18.9 Å². The Morgan fingerprint density at radius 2 is 1.31 bits per heavy atom. The van der Waals surface area contributed by atoms with Gasteiger partial charge in [-0.2, -0.15) is 0 Å². The number of benzene rings is 1. The van der Waals surface area contributed by atoms with E-state index < -0.39 is 17.9 Å². The van der Waals surface area contributed by atoms with Gasteiger partial charge in [0, 0.05) is 19.5 Å². The minimum absolute atomic E-state index is 0.234. The van der Waals surface area contributed by atoms with Gasteiger partial charge in [-0.05, 0) is 18.4 Å². The van der Waals surface area contributed by atoms with Gasteiger partial charge in [0.2, 0.25) is 5.91 Å². The second-order valence-corrected chi connectivity index (χ2v) is 9.96. The molecule has 1 aromatic carbocycles. The van der Waals surface area contributed by atoms with Crippen molar-refractivity contribution in [3.05, 3.63) is 35.9 Å². The number of urea groups is 1. The van der Waals surface area contributed by atoms with Gasteiger partial charge in [0.05, 0.1) is 6.42 Å². The van der Waals surface area contributed by atoms with E-state index in [0.717, 1.165) is 24.8 Å². The van der Waals surface area contributed by atoms with Gasteiger partial charge in [0.15, 0.2) is 0 Å². The van der Waals surface area contributed by atoms with Crippen molar-refractivity contribution in [3.63, 3.8) is 0 Å². The lowest BCUT2D eigenvalue weighted by molar-refractivity contribution is -0.143. The minimum atomic E-state index is -1.00. The first-order valence-electron chi connectivity index (χ1n) is 14.3. The van der Waals surface area contributed by atoms with Crippen molar-refractivity contribution in [3.8, 4) is 0 Å². The highest BCUT2D eigenvalue weighted by Gasteiger charge is 2.29. The van der Waals surface area contributed by atoms with Crippen LogP contribution in [-0.2, 0) is 16.0 Å². The van der Waals surface area contributed by atoms with Crippen LogP contribution >= 0.6 is 0 Å². The number of hydrogen-bond donors (Lipinski definition) is 2. The second kappa shape index (κ2) is 20.8. The number of rotatable bonds is 21. The van der Waals surface area contributed by atoms with Crippen LogP contribution in [0.25, 0.3) is 0 Å². The highest BCUT2D eigenvalue weighted by Crippen LogP contribution is 2.20. The van der Waals surface area contributed by atoms with Crippen LogP contribution in [0, 0.1) is 5.92 Å². The highest BCUT2D eigenvalue weighted by molar-refractivity contribution is 5.96. The van der Waals surface area contributed by atoms with Gasteiger partial charge >= 0.3 is 12.0 Å². The zero-order valence-electron chi connectivity index (χ0n) is 22.8. The Balaban J connectivity index is 2.34. The minimum Gasteiger partial charge on any atom is -0.481 e. The molecular formula is C30H50N2O4. The average Bonchev–Trinajstić information content (AvgIpc) is 2.88. The maximum atomic E-state index is 13.2. The van der Waals surface area contributed by atoms with Gasteiger partial charge in [-0.3, -0.25) is 14.5 Å². The molecule has 204 valence electrons. The monoisotopic (exact) mass is 502 g/mol. The summed E-state index contributed by atoms with van der Waals surface area (Å²) in [5, 5.41) is 11.9. The van der Waals surface area contributed by atoms with Gasteiger partial charge in [-0.1, -0.05) is 127 Å². The van der Waals surface area contributed by atoms with Gasteiger partial charge < -0.3 is 10.4 Å². The van der Waals surface area contributed by atoms with E-state index in [1.165, 1.54) is 82.6 Å². The summed E-state index contributed by atoms with van der Waals surface area (Å²) in [4.78, 5) is 38.2. The van der Waals surface area contributed by atoms with Gasteiger partial charge in [0.1, 0.15) is 0 Å². The van der Waals surface area contributed by atoms with E-state index in [0.29, 0.717) is 12.8 Å². The lowest BCUT2D eigenvalue weighted by Gasteiger charge is -2.25. The van der Waals surface area contributed by atoms with Crippen molar-refractivity contribution in [2.45, 2.75) is 116 Å². The van der Waals surface area contributed by atoms with E-state index in [1.807, 2.05) is 30.3 Å². The van der Waals surface area contributed by atoms with Crippen LogP contribution in [0.5, 0.6) is 0 Å². The van der Waals surface area contributed by atoms with Gasteiger partial charge in [0.25, 0.3) is 0 Å². The van der Waals surface area contributed by atoms with Gasteiger partial charge in [-0.15, -0.1) is 0 Å². The third-order valence-electron chi connectivity index (χ3n) is 6.87. The molecule has 0 aliphatic heterocycles. The topological polar surface area (TPSA) is 86.7 Å². The molecule has 6 heteroatoms. The summed E-state index contributed by atoms with van der Waals surface area (Å²) in [5.41, 5.74) is 1.03. The molecule has 0 aliphatic carbocycles. The van der Waals surface area contributed by atoms with Crippen molar-refractivity contribution >= 4 is 17.9 Å². The summed E-state index contributed by atoms with van der Waals surface area (Å²) in [7, 11) is 1.49. The number of carbonyl (C=O) groups excluding carboxylic acids is 2. The van der Waals surface area contributed by atoms with Crippen LogP contribution in [0.3, 0.4) is 0 Å². The van der Waals surface area contributed by atoms with E-state index >= 15 is 0 Å². The summed E-state index contributed by atoms with van der Waals surface area (Å²) in [6.45, 7) is 2.49. The largest absolute Gasteiger partial charge is 0.481 e. The summed E-state index contributed by atoms with van der Waals surface area (Å²) in [6.07, 6.45) is 18.3. The Hall–Kier alpha value is -2.37. The summed E-state index contributed by atoms with van der Waals surface area (Å²) < 4.78 is 0. The zero-order valence-corrected chi connectivity index (χ0v) is 22.8. The molecule has 1 aromatic rings. The molecule has 3 amide bonds. The number of aliphatic carboxylic acids is 1. The molecule has 0 spiro atoms. The Bertz CT molecular complexity index is 723. The van der Waals surface area contributed by atoms with E-state index in [9.17, 15) is 19.5 Å². The SMILES string of the molecule is CCCCCCCCCCCCCCCCC(CC(=O)O)C(=O)N(CCc1ccccc1)C(=O)NC. The first kappa shape index (κ1) is 31.7. The zero-order chi connectivity index (χ0) is 26.4. The average molecular weight is 503 g/mol. The maximum Gasteiger partial charge on any atom is 0.323 e. The van der Waals surface area contributed by atoms with Crippen LogP contribution in [0.15, 0.2) is 30.3 Å². The summed E-state index contributed by atoms with van der Waals surface area (Å²) in [5.74, 6) is -2.06. The highest BCUT2D eigenvalue weighted by atomic mass is 16.4. The fourth-order valence-electron chi connectivity index (χ4n) is 4.66. The second-order valence-electron chi connectivity index (χ2n) is 9.96. The molecule has 0 saturated heterocycles. The van der Waals surface area contributed by atoms with Crippen LogP contribution in [-0.4, -0.2) is 41.5 Å². The first-order valence-corrected chi connectivity index (χ1v) is 14.3. The smallest absolute Gasteiger partial charge is 0.323 e. The fourth-order valence-corrected chi connectivity index (χ4v) is 4.66. The number of nitrogens with one attached hydrogen (secondary N) is 1. The molecule has 2 N–H and O–H groups in total. The van der Waals surface area contributed by atoms with Crippen LogP contribution in [0.4, 0.5) is 4.79 Å². The molecule has 0 saturated carbocycles. The Labute approximate surface area is 219 Å². The number of carboxylic acids is 1. The molecule has 1 unspecified atom stereocenters. The first-order chi connectivity index (χ1) is 17.5. The number of unbranched alkanes of at least 4 members (excludes halogenated alkanes) is 13. The lowest BCUT2D eigenvalue weighted by atomic mass is 9.95. The van der Waals surface area contributed by atoms with Crippen LogP contribution in [0.2, 0.25) is 0 Å². The standard InChI is InChI=1S/C30H50N2O4/c1-3-4-5-6-7-8-9-10-11-12-13-14-15-19-22-27(25-28(33)34)29(35)32(30(36)31-2)24-23-26-20-17-16-18-21-26/h16-18,20-21,27H,3-15,19,22-25H2,1-2H3,(H,31,36)(H,33,34). The molecule has 0 aliphatic rings. The Morgan fingerprint density at radius 1 is 0.806 bits per heavy atom. The molecular weight excluding hydrogens is 452 g/mol. The Kier molecular flexibility index (Phi) is 18.3. The van der Waals surface area contributed by atoms with Crippen molar-refractivity contribution < 1.29 is 19.5 Å². The summed E-state index contributed by atoms with van der Waals surface area (Å²) in [6, 6.07) is 9.19. The number of carboxylic acid groups (broad SMARTS) is 1. The molecule has 0 aromatic heterocycles. The number of hydrogen-bond acceptors (Lipinski definition) is 3. The third-order valence-corrected chi connectivity index (χ3v) is 6.87. The third kappa shape index (κ3) is 14.9. The van der Waals surface area contributed by atoms with E-state index in [4.69, 9.17) is 0 Å². The molecule has 0 heterocycles. The fraction of sp³-hybridized carbons (Fsp3) is 0.700. The molecule has 1 rings (SSSR count). The lowest BCUT2D eigenvalue weighted by Crippen LogP contribution is -2.46. The molecule has 1 atom stereocenters. The van der Waals surface area contributed by atoms with E-state index in [2.05, 4.69) is 12.2 Å². The molecule has 36 heavy (non-hydrogen) atoms. The summed E-state index contributed by atoms with van der Waals surface area (Å²) >= 11 is 0. The van der Waals surface area contributed by atoms with E-state index in [1.54, 1.807) is 0 Å². The normalized spacial score (nSPS) is 11.7. The predicted molar refractivity (Wildman–Crippen MR) is 147 cm³/mol. The quantitative estimate of drug-likeness (QED) is 0.172. The van der Waals surface area contributed by atoms with Crippen LogP contribution < -0.4 is 5.32 Å². The van der Waals surface area contributed by atoms with Gasteiger partial charge in [-0.25, -0.2) is 4.79 Å². The van der Waals surface area contributed by atoms with Crippen LogP contribution in [0.1, 0.15) is 115 Å². The number of imide groups is 1. The number of nitrogens with zero attached hydrogens (tertiary/aromatic N) is 1.